The van der Waals surface area contributed by atoms with Crippen LogP contribution in [-0.4, -0.2) is 23.1 Å². The van der Waals surface area contributed by atoms with E-state index in [1.54, 1.807) is 0 Å². The first-order valence-electron chi connectivity index (χ1n) is 16.7. The molecule has 0 aromatic rings. The first-order valence-corrected chi connectivity index (χ1v) is 16.7. The molecule has 4 heteroatoms. The summed E-state index contributed by atoms with van der Waals surface area (Å²) in [5.74, 6) is -0.710. The SMILES string of the molecule is CCCCCC/C=C\CCCCCCCC(=O)OC(CCCCCCCCC)CCCCCCCC(=O)O. The summed E-state index contributed by atoms with van der Waals surface area (Å²) in [6.07, 6.45) is 35.0. The van der Waals surface area contributed by atoms with Gasteiger partial charge in [0, 0.05) is 12.8 Å². The van der Waals surface area contributed by atoms with Gasteiger partial charge in [0.05, 0.1) is 0 Å². The van der Waals surface area contributed by atoms with Gasteiger partial charge in [-0.1, -0.05) is 122 Å². The van der Waals surface area contributed by atoms with Crippen LogP contribution in [0.5, 0.6) is 0 Å². The van der Waals surface area contributed by atoms with Crippen LogP contribution in [0.1, 0.15) is 187 Å². The van der Waals surface area contributed by atoms with E-state index in [2.05, 4.69) is 26.0 Å². The van der Waals surface area contributed by atoms with Crippen LogP contribution in [0.15, 0.2) is 12.2 Å². The molecular weight excluding hydrogens is 472 g/mol. The van der Waals surface area contributed by atoms with E-state index in [1.165, 1.54) is 96.3 Å². The zero-order chi connectivity index (χ0) is 27.9. The summed E-state index contributed by atoms with van der Waals surface area (Å²) in [4.78, 5) is 23.2. The van der Waals surface area contributed by atoms with Crippen molar-refractivity contribution in [1.29, 1.82) is 0 Å². The van der Waals surface area contributed by atoms with Gasteiger partial charge < -0.3 is 9.84 Å². The number of esters is 1. The fourth-order valence-corrected chi connectivity index (χ4v) is 5.00. The highest BCUT2D eigenvalue weighted by Gasteiger charge is 2.14. The molecule has 0 spiro atoms. The summed E-state index contributed by atoms with van der Waals surface area (Å²) in [5.41, 5.74) is 0. The lowest BCUT2D eigenvalue weighted by Crippen LogP contribution is -2.18. The number of carboxylic acids is 1. The third kappa shape index (κ3) is 29.2. The van der Waals surface area contributed by atoms with E-state index >= 15 is 0 Å². The average molecular weight is 537 g/mol. The molecular formula is C34H64O4. The fraction of sp³-hybridized carbons (Fsp3) is 0.882. The van der Waals surface area contributed by atoms with Crippen molar-refractivity contribution in [3.05, 3.63) is 12.2 Å². The Hall–Kier alpha value is -1.32. The van der Waals surface area contributed by atoms with E-state index in [-0.39, 0.29) is 18.5 Å². The van der Waals surface area contributed by atoms with Crippen molar-refractivity contribution in [3.63, 3.8) is 0 Å². The van der Waals surface area contributed by atoms with Gasteiger partial charge in [-0.3, -0.25) is 9.59 Å². The van der Waals surface area contributed by atoms with Crippen LogP contribution in [0.4, 0.5) is 0 Å². The Bertz CT molecular complexity index is 543. The van der Waals surface area contributed by atoms with Gasteiger partial charge in [0.2, 0.25) is 0 Å². The van der Waals surface area contributed by atoms with Crippen molar-refractivity contribution < 1.29 is 19.4 Å². The molecule has 1 unspecified atom stereocenters. The minimum absolute atomic E-state index is 0.00888. The fourth-order valence-electron chi connectivity index (χ4n) is 5.00. The van der Waals surface area contributed by atoms with E-state index < -0.39 is 5.97 Å². The summed E-state index contributed by atoms with van der Waals surface area (Å²) in [7, 11) is 0. The second kappa shape index (κ2) is 30.2. The Labute approximate surface area is 236 Å². The van der Waals surface area contributed by atoms with E-state index in [0.717, 1.165) is 64.2 Å². The lowest BCUT2D eigenvalue weighted by Gasteiger charge is -2.18. The van der Waals surface area contributed by atoms with Crippen LogP contribution in [-0.2, 0) is 14.3 Å². The largest absolute Gasteiger partial charge is 0.481 e. The zero-order valence-electron chi connectivity index (χ0n) is 25.5. The van der Waals surface area contributed by atoms with Gasteiger partial charge in [0.15, 0.2) is 0 Å². The molecule has 0 fully saturated rings. The molecule has 0 radical (unpaired) electrons. The molecule has 0 heterocycles. The van der Waals surface area contributed by atoms with Crippen LogP contribution in [0.3, 0.4) is 0 Å². The molecule has 1 N–H and O–H groups in total. The zero-order valence-corrected chi connectivity index (χ0v) is 25.5. The third-order valence-corrected chi connectivity index (χ3v) is 7.49. The number of carbonyl (C=O) groups is 2. The topological polar surface area (TPSA) is 63.6 Å². The summed E-state index contributed by atoms with van der Waals surface area (Å²) >= 11 is 0. The van der Waals surface area contributed by atoms with E-state index in [0.29, 0.717) is 6.42 Å². The molecule has 0 rings (SSSR count). The predicted octanol–water partition coefficient (Wildman–Crippen LogP) is 11.1. The van der Waals surface area contributed by atoms with Crippen molar-refractivity contribution >= 4 is 11.9 Å². The van der Waals surface area contributed by atoms with Gasteiger partial charge in [-0.25, -0.2) is 0 Å². The number of aliphatic carboxylic acids is 1. The van der Waals surface area contributed by atoms with Crippen LogP contribution in [0.2, 0.25) is 0 Å². The molecule has 0 saturated carbocycles. The van der Waals surface area contributed by atoms with Crippen LogP contribution in [0, 0.1) is 0 Å². The number of ether oxygens (including phenoxy) is 1. The standard InChI is InChI=1S/C34H64O4/c1-3-5-7-9-11-12-13-14-15-16-18-23-27-31-34(37)38-32(28-24-20-17-10-8-6-4-2)29-25-21-19-22-26-30-33(35)36/h12-13,32H,3-11,14-31H2,1-2H3,(H,35,36)/b13-12-. The molecule has 1 atom stereocenters. The molecule has 0 aromatic heterocycles. The predicted molar refractivity (Wildman–Crippen MR) is 163 cm³/mol. The quantitative estimate of drug-likeness (QED) is 0.0563. The number of allylic oxidation sites excluding steroid dienone is 2. The maximum absolute atomic E-state index is 12.5. The number of hydrogen-bond donors (Lipinski definition) is 1. The second-order valence-electron chi connectivity index (χ2n) is 11.3. The Morgan fingerprint density at radius 3 is 1.45 bits per heavy atom. The summed E-state index contributed by atoms with van der Waals surface area (Å²) in [6, 6.07) is 0. The van der Waals surface area contributed by atoms with Crippen molar-refractivity contribution in [1.82, 2.24) is 0 Å². The van der Waals surface area contributed by atoms with E-state index in [4.69, 9.17) is 9.84 Å². The van der Waals surface area contributed by atoms with Gasteiger partial charge in [0.25, 0.3) is 0 Å². The number of rotatable bonds is 30. The highest BCUT2D eigenvalue weighted by atomic mass is 16.5. The number of carboxylic acid groups (broad SMARTS) is 1. The van der Waals surface area contributed by atoms with Crippen LogP contribution < -0.4 is 0 Å². The molecule has 0 saturated heterocycles. The van der Waals surface area contributed by atoms with Gasteiger partial charge >= 0.3 is 11.9 Å². The van der Waals surface area contributed by atoms with E-state index in [1.807, 2.05) is 0 Å². The van der Waals surface area contributed by atoms with Crippen LogP contribution in [0.25, 0.3) is 0 Å². The third-order valence-electron chi connectivity index (χ3n) is 7.49. The van der Waals surface area contributed by atoms with Crippen molar-refractivity contribution in [2.45, 2.75) is 193 Å². The number of carbonyl (C=O) groups excluding carboxylic acids is 1. The Morgan fingerprint density at radius 2 is 0.947 bits per heavy atom. The summed E-state index contributed by atoms with van der Waals surface area (Å²) in [6.45, 7) is 4.51. The molecule has 224 valence electrons. The Kier molecular flexibility index (Phi) is 29.2. The highest BCUT2D eigenvalue weighted by Crippen LogP contribution is 2.18. The van der Waals surface area contributed by atoms with Gasteiger partial charge in [-0.05, 0) is 64.2 Å². The van der Waals surface area contributed by atoms with Gasteiger partial charge in [0.1, 0.15) is 6.10 Å². The molecule has 0 bridgehead atoms. The number of hydrogen-bond acceptors (Lipinski definition) is 3. The normalized spacial score (nSPS) is 12.3. The molecule has 0 aliphatic carbocycles. The molecule has 0 amide bonds. The maximum atomic E-state index is 12.5. The minimum Gasteiger partial charge on any atom is -0.481 e. The van der Waals surface area contributed by atoms with Crippen LogP contribution >= 0.6 is 0 Å². The average Bonchev–Trinajstić information content (AvgIpc) is 2.89. The second-order valence-corrected chi connectivity index (χ2v) is 11.3. The first kappa shape index (κ1) is 36.7. The van der Waals surface area contributed by atoms with Crippen molar-refractivity contribution in [3.8, 4) is 0 Å². The monoisotopic (exact) mass is 536 g/mol. The molecule has 38 heavy (non-hydrogen) atoms. The van der Waals surface area contributed by atoms with Crippen molar-refractivity contribution in [2.24, 2.45) is 0 Å². The molecule has 0 aromatic carbocycles. The smallest absolute Gasteiger partial charge is 0.306 e. The molecule has 0 aliphatic heterocycles. The Morgan fingerprint density at radius 1 is 0.553 bits per heavy atom. The lowest BCUT2D eigenvalue weighted by molar-refractivity contribution is -0.150. The van der Waals surface area contributed by atoms with Gasteiger partial charge in [-0.15, -0.1) is 0 Å². The summed E-state index contributed by atoms with van der Waals surface area (Å²) in [5, 5.41) is 8.76. The minimum atomic E-state index is -0.702. The van der Waals surface area contributed by atoms with Gasteiger partial charge in [-0.2, -0.15) is 0 Å². The lowest BCUT2D eigenvalue weighted by atomic mass is 10.0. The number of unbranched alkanes of at least 4 members (excludes halogenated alkanes) is 19. The maximum Gasteiger partial charge on any atom is 0.306 e. The molecule has 4 nitrogen and oxygen atoms in total. The Balaban J connectivity index is 3.99. The first-order chi connectivity index (χ1) is 18.6. The highest BCUT2D eigenvalue weighted by molar-refractivity contribution is 5.69. The molecule has 0 aliphatic rings. The van der Waals surface area contributed by atoms with E-state index in [9.17, 15) is 9.59 Å². The summed E-state index contributed by atoms with van der Waals surface area (Å²) < 4.78 is 5.94. The van der Waals surface area contributed by atoms with Crippen molar-refractivity contribution in [2.75, 3.05) is 0 Å².